The van der Waals surface area contributed by atoms with Crippen LogP contribution in [0.1, 0.15) is 33.6 Å². The second-order valence-corrected chi connectivity index (χ2v) is 6.59. The number of benzene rings is 2. The normalized spacial score (nSPS) is 20.7. The Kier molecular flexibility index (Phi) is 5.79. The van der Waals surface area contributed by atoms with Gasteiger partial charge in [0, 0.05) is 12.2 Å². The largest absolute Gasteiger partial charge is 0.364 e. The molecule has 2 aromatic carbocycles. The van der Waals surface area contributed by atoms with E-state index in [1.807, 2.05) is 0 Å². The molecule has 28 heavy (non-hydrogen) atoms. The van der Waals surface area contributed by atoms with Crippen molar-refractivity contribution >= 4 is 41.5 Å². The maximum absolute atomic E-state index is 12.6. The molecule has 0 radical (unpaired) electrons. The van der Waals surface area contributed by atoms with E-state index in [-0.39, 0.29) is 36.2 Å². The van der Waals surface area contributed by atoms with E-state index in [2.05, 4.69) is 5.32 Å². The smallest absolute Gasteiger partial charge is 0.266 e. The topological polar surface area (TPSA) is 102 Å². The third kappa shape index (κ3) is 3.52. The number of anilines is 2. The van der Waals surface area contributed by atoms with E-state index < -0.39 is 6.10 Å². The number of amides is 3. The first-order chi connectivity index (χ1) is 13.1. The van der Waals surface area contributed by atoms with Crippen LogP contribution < -0.4 is 16.0 Å². The van der Waals surface area contributed by atoms with Crippen LogP contribution in [-0.4, -0.2) is 36.5 Å². The molecule has 0 saturated carbocycles. The van der Waals surface area contributed by atoms with E-state index >= 15 is 0 Å². The van der Waals surface area contributed by atoms with Gasteiger partial charge in [0.1, 0.15) is 6.10 Å². The summed E-state index contributed by atoms with van der Waals surface area (Å²) in [6.45, 7) is 0.388. The molecule has 4 rings (SSSR count). The van der Waals surface area contributed by atoms with E-state index in [0.717, 1.165) is 11.3 Å². The first-order valence-corrected chi connectivity index (χ1v) is 8.82. The molecule has 1 saturated heterocycles. The Labute approximate surface area is 168 Å². The molecule has 1 fully saturated rings. The number of halogens is 1. The third-order valence-electron chi connectivity index (χ3n) is 4.83. The first-order valence-electron chi connectivity index (χ1n) is 8.82. The predicted molar refractivity (Wildman–Crippen MR) is 107 cm³/mol. The number of fused-ring (bicyclic) bond motifs is 1. The fourth-order valence-electron chi connectivity index (χ4n) is 3.44. The summed E-state index contributed by atoms with van der Waals surface area (Å²) >= 11 is 0. The maximum atomic E-state index is 12.6. The van der Waals surface area contributed by atoms with Gasteiger partial charge in [-0.25, -0.2) is 4.90 Å². The summed E-state index contributed by atoms with van der Waals surface area (Å²) in [6.07, 6.45) is 0.738. The monoisotopic (exact) mass is 401 g/mol. The zero-order chi connectivity index (χ0) is 19.0. The molecular formula is C20H20ClN3O4. The fraction of sp³-hybridized carbons (Fsp3) is 0.250. The van der Waals surface area contributed by atoms with Gasteiger partial charge in [0.2, 0.25) is 0 Å². The Balaban J connectivity index is 0.00000225. The van der Waals surface area contributed by atoms with Crippen LogP contribution >= 0.6 is 12.4 Å². The van der Waals surface area contributed by atoms with Crippen molar-refractivity contribution < 1.29 is 19.1 Å². The van der Waals surface area contributed by atoms with Crippen molar-refractivity contribution in [2.24, 2.45) is 5.73 Å². The molecule has 2 heterocycles. The van der Waals surface area contributed by atoms with Gasteiger partial charge in [-0.15, -0.1) is 12.4 Å². The van der Waals surface area contributed by atoms with Crippen LogP contribution in [0.2, 0.25) is 0 Å². The van der Waals surface area contributed by atoms with Crippen LogP contribution in [0, 0.1) is 0 Å². The van der Waals surface area contributed by atoms with Gasteiger partial charge in [0.25, 0.3) is 17.7 Å². The van der Waals surface area contributed by atoms with Crippen molar-refractivity contribution in [2.45, 2.75) is 25.0 Å². The number of ether oxygens (including phenoxy) is 1. The van der Waals surface area contributed by atoms with Crippen molar-refractivity contribution in [1.29, 1.82) is 0 Å². The molecule has 0 aromatic heterocycles. The van der Waals surface area contributed by atoms with Gasteiger partial charge in [0.05, 0.1) is 22.9 Å². The van der Waals surface area contributed by atoms with Gasteiger partial charge in [-0.2, -0.15) is 0 Å². The zero-order valence-corrected chi connectivity index (χ0v) is 15.8. The van der Waals surface area contributed by atoms with Gasteiger partial charge >= 0.3 is 0 Å². The van der Waals surface area contributed by atoms with Crippen LogP contribution in [-0.2, 0) is 9.53 Å². The number of rotatable bonds is 4. The summed E-state index contributed by atoms with van der Waals surface area (Å²) in [7, 11) is 0. The Morgan fingerprint density at radius 3 is 2.36 bits per heavy atom. The lowest BCUT2D eigenvalue weighted by atomic mass is 10.1. The lowest BCUT2D eigenvalue weighted by molar-refractivity contribution is -0.126. The second kappa shape index (κ2) is 8.10. The van der Waals surface area contributed by atoms with Gasteiger partial charge < -0.3 is 15.8 Å². The average Bonchev–Trinajstić information content (AvgIpc) is 3.26. The number of nitrogens with two attached hydrogens (primary N) is 1. The highest BCUT2D eigenvalue weighted by Crippen LogP contribution is 2.30. The molecule has 2 aromatic rings. The molecule has 0 spiro atoms. The minimum Gasteiger partial charge on any atom is -0.364 e. The summed E-state index contributed by atoms with van der Waals surface area (Å²) in [5, 5.41) is 2.79. The number of nitrogens with one attached hydrogen (secondary N) is 1. The molecule has 7 nitrogen and oxygen atoms in total. The molecule has 2 aliphatic rings. The van der Waals surface area contributed by atoms with Crippen LogP contribution in [0.4, 0.5) is 11.4 Å². The van der Waals surface area contributed by atoms with E-state index in [1.54, 1.807) is 48.5 Å². The Morgan fingerprint density at radius 1 is 1.07 bits per heavy atom. The molecule has 0 aliphatic carbocycles. The Morgan fingerprint density at radius 2 is 1.75 bits per heavy atom. The maximum Gasteiger partial charge on any atom is 0.266 e. The van der Waals surface area contributed by atoms with E-state index in [0.29, 0.717) is 35.5 Å². The molecule has 2 atom stereocenters. The molecule has 3 amide bonds. The molecule has 0 bridgehead atoms. The van der Waals surface area contributed by atoms with Crippen molar-refractivity contribution in [3.8, 4) is 0 Å². The minimum absolute atomic E-state index is 0. The van der Waals surface area contributed by atoms with E-state index in [1.165, 1.54) is 0 Å². The minimum atomic E-state index is -0.540. The lowest BCUT2D eigenvalue weighted by Gasteiger charge is -2.16. The molecule has 0 unspecified atom stereocenters. The quantitative estimate of drug-likeness (QED) is 0.766. The molecule has 3 N–H and O–H groups in total. The SMILES string of the molecule is Cl.NC[C@H]1CC[C@@H](C(=O)Nc2cccc(N3C(=O)c4ccccc4C3=O)c2)O1. The fourth-order valence-corrected chi connectivity index (χ4v) is 3.44. The summed E-state index contributed by atoms with van der Waals surface area (Å²) in [4.78, 5) is 38.7. The molecule has 8 heteroatoms. The number of carbonyl (C=O) groups is 3. The number of nitrogens with zero attached hydrogens (tertiary/aromatic N) is 1. The third-order valence-corrected chi connectivity index (χ3v) is 4.83. The number of carbonyl (C=O) groups excluding carboxylic acids is 3. The van der Waals surface area contributed by atoms with Gasteiger partial charge in [-0.05, 0) is 43.2 Å². The summed E-state index contributed by atoms with van der Waals surface area (Å²) in [6, 6.07) is 13.4. The highest BCUT2D eigenvalue weighted by molar-refractivity contribution is 6.34. The highest BCUT2D eigenvalue weighted by atomic mass is 35.5. The summed E-state index contributed by atoms with van der Waals surface area (Å²) in [5.74, 6) is -1.00. The Bertz CT molecular complexity index is 898. The predicted octanol–water partition coefficient (Wildman–Crippen LogP) is 2.35. The average molecular weight is 402 g/mol. The van der Waals surface area contributed by atoms with Crippen LogP contribution in [0.15, 0.2) is 48.5 Å². The molecule has 2 aliphatic heterocycles. The van der Waals surface area contributed by atoms with Gasteiger partial charge in [-0.1, -0.05) is 18.2 Å². The van der Waals surface area contributed by atoms with Gasteiger partial charge in [-0.3, -0.25) is 14.4 Å². The number of hydrogen-bond donors (Lipinski definition) is 2. The van der Waals surface area contributed by atoms with Gasteiger partial charge in [0.15, 0.2) is 0 Å². The lowest BCUT2D eigenvalue weighted by Crippen LogP contribution is -2.31. The van der Waals surface area contributed by atoms with Crippen LogP contribution in [0.25, 0.3) is 0 Å². The standard InChI is InChI=1S/C20H19N3O4.ClH/c21-11-14-8-9-17(27-14)18(24)22-12-4-3-5-13(10-12)23-19(25)15-6-1-2-7-16(15)20(23)26;/h1-7,10,14,17H,8-9,11,21H2,(H,22,24);1H/t14-,17+;/m1./s1. The summed E-state index contributed by atoms with van der Waals surface area (Å²) < 4.78 is 5.60. The van der Waals surface area contributed by atoms with Crippen molar-refractivity contribution in [3.63, 3.8) is 0 Å². The summed E-state index contributed by atoms with van der Waals surface area (Å²) in [5.41, 5.74) is 7.24. The molecular weight excluding hydrogens is 382 g/mol. The van der Waals surface area contributed by atoms with Crippen LogP contribution in [0.5, 0.6) is 0 Å². The number of imide groups is 1. The highest BCUT2D eigenvalue weighted by Gasteiger charge is 2.36. The van der Waals surface area contributed by atoms with Crippen molar-refractivity contribution in [3.05, 3.63) is 59.7 Å². The zero-order valence-electron chi connectivity index (χ0n) is 15.0. The van der Waals surface area contributed by atoms with Crippen LogP contribution in [0.3, 0.4) is 0 Å². The molecule has 146 valence electrons. The Hall–Kier alpha value is -2.74. The first kappa shape index (κ1) is 20.0. The second-order valence-electron chi connectivity index (χ2n) is 6.59. The van der Waals surface area contributed by atoms with Crippen molar-refractivity contribution in [1.82, 2.24) is 0 Å². The number of hydrogen-bond acceptors (Lipinski definition) is 5. The van der Waals surface area contributed by atoms with E-state index in [4.69, 9.17) is 10.5 Å². The van der Waals surface area contributed by atoms with E-state index in [9.17, 15) is 14.4 Å². The van der Waals surface area contributed by atoms with Crippen molar-refractivity contribution in [2.75, 3.05) is 16.8 Å².